The van der Waals surface area contributed by atoms with Gasteiger partial charge in [0.25, 0.3) is 5.56 Å². The van der Waals surface area contributed by atoms with Crippen LogP contribution in [-0.4, -0.2) is 59.4 Å². The van der Waals surface area contributed by atoms with Gasteiger partial charge in [-0.1, -0.05) is 0 Å². The van der Waals surface area contributed by atoms with Gasteiger partial charge in [-0.25, -0.2) is 18.6 Å². The molecule has 2 heterocycles. The molecule has 1 saturated heterocycles. The van der Waals surface area contributed by atoms with Crippen LogP contribution in [0.25, 0.3) is 16.6 Å². The Hall–Kier alpha value is -5.18. The van der Waals surface area contributed by atoms with Crippen molar-refractivity contribution < 1.29 is 27.8 Å². The summed E-state index contributed by atoms with van der Waals surface area (Å²) in [4.78, 5) is 34.2. The zero-order valence-corrected chi connectivity index (χ0v) is 24.1. The summed E-state index contributed by atoms with van der Waals surface area (Å²) in [5.41, 5.74) is 0.0429. The minimum Gasteiger partial charge on any atom is -0.494 e. The number of hydrogen-bond donors (Lipinski definition) is 0. The van der Waals surface area contributed by atoms with Gasteiger partial charge in [-0.15, -0.1) is 0 Å². The molecule has 0 bridgehead atoms. The largest absolute Gasteiger partial charge is 0.494 e. The van der Waals surface area contributed by atoms with E-state index in [0.717, 1.165) is 17.8 Å². The predicted octanol–water partition coefficient (Wildman–Crippen LogP) is 5.39. The van der Waals surface area contributed by atoms with Gasteiger partial charge in [-0.05, 0) is 63.2 Å². The highest BCUT2D eigenvalue weighted by atomic mass is 19.1. The molecule has 1 fully saturated rings. The molecule has 0 saturated carbocycles. The zero-order chi connectivity index (χ0) is 30.9. The summed E-state index contributed by atoms with van der Waals surface area (Å²) in [5, 5.41) is 9.42. The first kappa shape index (κ1) is 29.3. The fraction of sp³-hybridized carbons (Fsp3) is 0.290. The van der Waals surface area contributed by atoms with Crippen LogP contribution >= 0.6 is 0 Å². The van der Waals surface area contributed by atoms with Gasteiger partial charge in [-0.3, -0.25) is 9.36 Å². The second kappa shape index (κ2) is 11.6. The number of carbonyl (C=O) groups excluding carboxylic acids is 1. The molecule has 1 aliphatic heterocycles. The SMILES string of the molecule is COc1cc(N2CCN(C(=O)OC(C)(C)C)CC2)ccc1-n1cnc2ccc(Oc3c(F)ccc(F)c3C#N)cc2c1=O. The molecule has 0 atom stereocenters. The van der Waals surface area contributed by atoms with Crippen LogP contribution in [-0.2, 0) is 4.74 Å². The summed E-state index contributed by atoms with van der Waals surface area (Å²) in [6.07, 6.45) is 1.03. The number of amides is 1. The molecule has 1 amide bonds. The predicted molar refractivity (Wildman–Crippen MR) is 155 cm³/mol. The number of ether oxygens (including phenoxy) is 3. The number of anilines is 1. The topological polar surface area (TPSA) is 110 Å². The van der Waals surface area contributed by atoms with Crippen molar-refractivity contribution >= 4 is 22.7 Å². The van der Waals surface area contributed by atoms with Crippen molar-refractivity contribution in [3.05, 3.63) is 82.4 Å². The number of aromatic nitrogens is 2. The van der Waals surface area contributed by atoms with Crippen molar-refractivity contribution in [2.75, 3.05) is 38.2 Å². The highest BCUT2D eigenvalue weighted by Gasteiger charge is 2.26. The number of hydrogen-bond acceptors (Lipinski definition) is 8. The summed E-state index contributed by atoms with van der Waals surface area (Å²) in [6.45, 7) is 7.65. The number of nitrogens with zero attached hydrogens (tertiary/aromatic N) is 5. The van der Waals surface area contributed by atoms with Gasteiger partial charge >= 0.3 is 6.09 Å². The van der Waals surface area contributed by atoms with Gasteiger partial charge in [0, 0.05) is 37.9 Å². The van der Waals surface area contributed by atoms with Crippen LogP contribution in [0.2, 0.25) is 0 Å². The number of fused-ring (bicyclic) bond motifs is 1. The lowest BCUT2D eigenvalue weighted by Gasteiger charge is -2.37. The number of rotatable bonds is 5. The normalized spacial score (nSPS) is 13.5. The summed E-state index contributed by atoms with van der Waals surface area (Å²) >= 11 is 0. The molecule has 0 N–H and O–H groups in total. The highest BCUT2D eigenvalue weighted by Crippen LogP contribution is 2.32. The van der Waals surface area contributed by atoms with E-state index in [1.165, 1.54) is 36.2 Å². The van der Waals surface area contributed by atoms with Crippen LogP contribution in [0.3, 0.4) is 0 Å². The first-order valence-corrected chi connectivity index (χ1v) is 13.5. The molecule has 5 rings (SSSR count). The molecule has 43 heavy (non-hydrogen) atoms. The van der Waals surface area contributed by atoms with E-state index in [0.29, 0.717) is 43.1 Å². The Kier molecular flexibility index (Phi) is 7.91. The number of carbonyl (C=O) groups is 1. The molecule has 1 aliphatic rings. The second-order valence-corrected chi connectivity index (χ2v) is 10.9. The molecule has 0 spiro atoms. The third-order valence-electron chi connectivity index (χ3n) is 6.84. The Morgan fingerprint density at radius 1 is 1.00 bits per heavy atom. The van der Waals surface area contributed by atoms with Gasteiger partial charge in [0.1, 0.15) is 40.9 Å². The molecule has 0 radical (unpaired) electrons. The van der Waals surface area contributed by atoms with Crippen molar-refractivity contribution in [2.24, 2.45) is 0 Å². The van der Waals surface area contributed by atoms with E-state index in [2.05, 4.69) is 9.88 Å². The molecule has 12 heteroatoms. The third kappa shape index (κ3) is 6.06. The summed E-state index contributed by atoms with van der Waals surface area (Å²) < 4.78 is 46.4. The number of methoxy groups -OCH3 is 1. The molecular formula is C31H29F2N5O5. The molecule has 1 aromatic heterocycles. The average molecular weight is 590 g/mol. The summed E-state index contributed by atoms with van der Waals surface area (Å²) in [6, 6.07) is 13.0. The van der Waals surface area contributed by atoms with Crippen LogP contribution < -0.4 is 19.9 Å². The molecular weight excluding hydrogens is 560 g/mol. The third-order valence-corrected chi connectivity index (χ3v) is 6.84. The quantitative estimate of drug-likeness (QED) is 0.305. The highest BCUT2D eigenvalue weighted by molar-refractivity contribution is 5.79. The Balaban J connectivity index is 1.41. The number of benzene rings is 3. The lowest BCUT2D eigenvalue weighted by atomic mass is 10.2. The molecule has 0 aliphatic carbocycles. The van der Waals surface area contributed by atoms with E-state index >= 15 is 0 Å². The van der Waals surface area contributed by atoms with E-state index in [-0.39, 0.29) is 17.2 Å². The number of halogens is 2. The van der Waals surface area contributed by atoms with E-state index in [1.807, 2.05) is 32.9 Å². The Morgan fingerprint density at radius 2 is 1.72 bits per heavy atom. The van der Waals surface area contributed by atoms with E-state index in [9.17, 15) is 23.6 Å². The van der Waals surface area contributed by atoms with Crippen LogP contribution in [0.5, 0.6) is 17.2 Å². The van der Waals surface area contributed by atoms with Gasteiger partial charge in [-0.2, -0.15) is 5.26 Å². The van der Waals surface area contributed by atoms with Gasteiger partial charge in [0.15, 0.2) is 11.6 Å². The maximum atomic E-state index is 14.4. The Bertz CT molecular complexity index is 1800. The van der Waals surface area contributed by atoms with Gasteiger partial charge in [0.05, 0.1) is 23.7 Å². The number of piperazine rings is 1. The lowest BCUT2D eigenvalue weighted by Crippen LogP contribution is -2.50. The summed E-state index contributed by atoms with van der Waals surface area (Å²) in [5.74, 6) is -1.97. The average Bonchev–Trinajstić information content (AvgIpc) is 2.98. The van der Waals surface area contributed by atoms with Crippen molar-refractivity contribution in [1.82, 2.24) is 14.5 Å². The van der Waals surface area contributed by atoms with Crippen molar-refractivity contribution in [3.8, 4) is 29.0 Å². The number of nitriles is 1. The monoisotopic (exact) mass is 589 g/mol. The fourth-order valence-electron chi connectivity index (χ4n) is 4.73. The fourth-order valence-corrected chi connectivity index (χ4v) is 4.73. The van der Waals surface area contributed by atoms with Gasteiger partial charge in [0.2, 0.25) is 0 Å². The minimum atomic E-state index is -0.927. The minimum absolute atomic E-state index is 0.0259. The smallest absolute Gasteiger partial charge is 0.410 e. The van der Waals surface area contributed by atoms with E-state index < -0.39 is 34.1 Å². The molecule has 222 valence electrons. The van der Waals surface area contributed by atoms with E-state index in [1.54, 1.807) is 17.0 Å². The standard InChI is InChI=1S/C31H29F2N5O5/c1-31(2,3)43-30(40)37-13-11-36(12-14-37)19-5-10-26(27(15-19)41-4)38-18-35-25-9-6-20(16-21(25)29(38)39)42-28-22(17-34)23(32)7-8-24(28)33/h5-10,15-16,18H,11-14H2,1-4H3. The van der Waals surface area contributed by atoms with Crippen LogP contribution in [0, 0.1) is 23.0 Å². The molecule has 10 nitrogen and oxygen atoms in total. The molecule has 4 aromatic rings. The van der Waals surface area contributed by atoms with Crippen LogP contribution in [0.4, 0.5) is 19.3 Å². The van der Waals surface area contributed by atoms with Crippen molar-refractivity contribution in [2.45, 2.75) is 26.4 Å². The molecule has 3 aromatic carbocycles. The van der Waals surface area contributed by atoms with Gasteiger partial charge < -0.3 is 24.0 Å². The maximum absolute atomic E-state index is 14.4. The first-order valence-electron chi connectivity index (χ1n) is 13.5. The Labute approximate surface area is 246 Å². The van der Waals surface area contributed by atoms with Crippen molar-refractivity contribution in [3.63, 3.8) is 0 Å². The van der Waals surface area contributed by atoms with Crippen LogP contribution in [0.15, 0.2) is 59.7 Å². The second-order valence-electron chi connectivity index (χ2n) is 10.9. The lowest BCUT2D eigenvalue weighted by molar-refractivity contribution is 0.0240. The first-order chi connectivity index (χ1) is 20.5. The Morgan fingerprint density at radius 3 is 2.40 bits per heavy atom. The van der Waals surface area contributed by atoms with E-state index in [4.69, 9.17) is 14.2 Å². The van der Waals surface area contributed by atoms with Crippen LogP contribution in [0.1, 0.15) is 26.3 Å². The summed E-state index contributed by atoms with van der Waals surface area (Å²) in [7, 11) is 1.49. The maximum Gasteiger partial charge on any atom is 0.410 e. The van der Waals surface area contributed by atoms with Crippen molar-refractivity contribution in [1.29, 1.82) is 5.26 Å². The zero-order valence-electron chi connectivity index (χ0n) is 24.1. The molecule has 0 unspecified atom stereocenters.